The van der Waals surface area contributed by atoms with Gasteiger partial charge in [-0.05, 0) is 12.8 Å². The van der Waals surface area contributed by atoms with E-state index >= 15 is 0 Å². The van der Waals surface area contributed by atoms with Crippen LogP contribution in [-0.2, 0) is 5.75 Å². The Labute approximate surface area is 87.7 Å². The van der Waals surface area contributed by atoms with E-state index in [1.54, 1.807) is 0 Å². The second-order valence-electron chi connectivity index (χ2n) is 3.48. The van der Waals surface area contributed by atoms with Gasteiger partial charge in [0.15, 0.2) is 0 Å². The first-order valence-corrected chi connectivity index (χ1v) is 5.94. The zero-order valence-corrected chi connectivity index (χ0v) is 8.83. The van der Waals surface area contributed by atoms with Crippen molar-refractivity contribution in [2.24, 2.45) is 0 Å². The van der Waals surface area contributed by atoms with E-state index in [1.807, 2.05) is 11.8 Å². The SMILES string of the molecule is Nc1ncnc(CSC2CCCC2)n1. The van der Waals surface area contributed by atoms with Crippen LogP contribution in [-0.4, -0.2) is 20.2 Å². The molecule has 1 aliphatic rings. The van der Waals surface area contributed by atoms with Gasteiger partial charge in [-0.15, -0.1) is 0 Å². The first-order chi connectivity index (χ1) is 6.84. The molecule has 1 fully saturated rings. The average Bonchev–Trinajstić information content (AvgIpc) is 2.67. The van der Waals surface area contributed by atoms with Crippen molar-refractivity contribution in [2.75, 3.05) is 5.73 Å². The molecule has 0 saturated heterocycles. The Bertz CT molecular complexity index is 299. The van der Waals surface area contributed by atoms with Gasteiger partial charge < -0.3 is 5.73 Å². The zero-order chi connectivity index (χ0) is 9.80. The summed E-state index contributed by atoms with van der Waals surface area (Å²) >= 11 is 1.94. The summed E-state index contributed by atoms with van der Waals surface area (Å²) in [6.45, 7) is 0. The Morgan fingerprint density at radius 2 is 2.14 bits per heavy atom. The van der Waals surface area contributed by atoms with E-state index in [9.17, 15) is 0 Å². The normalized spacial score (nSPS) is 17.4. The van der Waals surface area contributed by atoms with Crippen LogP contribution in [0.5, 0.6) is 0 Å². The lowest BCUT2D eigenvalue weighted by Gasteiger charge is -2.06. The van der Waals surface area contributed by atoms with Gasteiger partial charge in [0.05, 0.1) is 5.75 Å². The van der Waals surface area contributed by atoms with Crippen molar-refractivity contribution in [3.63, 3.8) is 0 Å². The van der Waals surface area contributed by atoms with Crippen LogP contribution in [0.25, 0.3) is 0 Å². The van der Waals surface area contributed by atoms with Crippen LogP contribution in [0.2, 0.25) is 0 Å². The van der Waals surface area contributed by atoms with Crippen molar-refractivity contribution in [3.05, 3.63) is 12.2 Å². The summed E-state index contributed by atoms with van der Waals surface area (Å²) < 4.78 is 0. The van der Waals surface area contributed by atoms with Crippen molar-refractivity contribution in [1.82, 2.24) is 15.0 Å². The highest BCUT2D eigenvalue weighted by atomic mass is 32.2. The molecule has 1 aromatic rings. The van der Waals surface area contributed by atoms with Crippen LogP contribution in [0.1, 0.15) is 31.5 Å². The molecule has 1 heterocycles. The van der Waals surface area contributed by atoms with E-state index in [2.05, 4.69) is 15.0 Å². The van der Waals surface area contributed by atoms with Crippen LogP contribution in [0.15, 0.2) is 6.33 Å². The second-order valence-corrected chi connectivity index (χ2v) is 4.77. The minimum Gasteiger partial charge on any atom is -0.368 e. The van der Waals surface area contributed by atoms with E-state index in [0.717, 1.165) is 16.8 Å². The zero-order valence-electron chi connectivity index (χ0n) is 8.02. The van der Waals surface area contributed by atoms with E-state index in [-0.39, 0.29) is 0 Å². The summed E-state index contributed by atoms with van der Waals surface area (Å²) in [6, 6.07) is 0. The number of nitrogen functional groups attached to an aromatic ring is 1. The van der Waals surface area contributed by atoms with Crippen LogP contribution in [0.4, 0.5) is 5.95 Å². The minimum absolute atomic E-state index is 0.321. The Hall–Kier alpha value is -0.840. The van der Waals surface area contributed by atoms with Crippen molar-refractivity contribution in [1.29, 1.82) is 0 Å². The molecular weight excluding hydrogens is 196 g/mol. The number of thioether (sulfide) groups is 1. The third kappa shape index (κ3) is 2.57. The van der Waals surface area contributed by atoms with Gasteiger partial charge in [0, 0.05) is 5.25 Å². The lowest BCUT2D eigenvalue weighted by Crippen LogP contribution is -2.02. The maximum atomic E-state index is 5.47. The Morgan fingerprint density at radius 3 is 2.86 bits per heavy atom. The smallest absolute Gasteiger partial charge is 0.223 e. The molecule has 4 nitrogen and oxygen atoms in total. The van der Waals surface area contributed by atoms with Gasteiger partial charge in [-0.2, -0.15) is 16.7 Å². The van der Waals surface area contributed by atoms with Crippen molar-refractivity contribution in [2.45, 2.75) is 36.7 Å². The molecule has 2 N–H and O–H groups in total. The third-order valence-electron chi connectivity index (χ3n) is 2.39. The van der Waals surface area contributed by atoms with Crippen molar-refractivity contribution in [3.8, 4) is 0 Å². The molecule has 2 rings (SSSR count). The molecule has 0 aromatic carbocycles. The molecule has 0 radical (unpaired) electrons. The Balaban J connectivity index is 1.85. The molecule has 0 atom stereocenters. The molecular formula is C9H14N4S. The topological polar surface area (TPSA) is 64.7 Å². The van der Waals surface area contributed by atoms with Crippen molar-refractivity contribution < 1.29 is 0 Å². The van der Waals surface area contributed by atoms with Gasteiger partial charge >= 0.3 is 0 Å². The molecule has 0 bridgehead atoms. The molecule has 76 valence electrons. The van der Waals surface area contributed by atoms with E-state index in [1.165, 1.54) is 32.0 Å². The van der Waals surface area contributed by atoms with Gasteiger partial charge in [-0.3, -0.25) is 0 Å². The predicted octanol–water partition coefficient (Wildman–Crippen LogP) is 1.63. The summed E-state index contributed by atoms with van der Waals surface area (Å²) in [4.78, 5) is 11.9. The molecule has 1 aromatic heterocycles. The number of nitrogens with two attached hydrogens (primary N) is 1. The molecule has 0 aliphatic heterocycles. The number of nitrogens with zero attached hydrogens (tertiary/aromatic N) is 3. The molecule has 1 saturated carbocycles. The monoisotopic (exact) mass is 210 g/mol. The number of aromatic nitrogens is 3. The molecule has 0 spiro atoms. The van der Waals surface area contributed by atoms with Crippen LogP contribution in [0, 0.1) is 0 Å². The summed E-state index contributed by atoms with van der Waals surface area (Å²) in [7, 11) is 0. The van der Waals surface area contributed by atoms with Gasteiger partial charge in [0.2, 0.25) is 5.95 Å². The molecule has 14 heavy (non-hydrogen) atoms. The highest BCUT2D eigenvalue weighted by molar-refractivity contribution is 7.99. The molecule has 1 aliphatic carbocycles. The predicted molar refractivity (Wildman–Crippen MR) is 57.8 cm³/mol. The fourth-order valence-corrected chi connectivity index (χ4v) is 2.85. The van der Waals surface area contributed by atoms with Crippen LogP contribution < -0.4 is 5.73 Å². The number of anilines is 1. The summed E-state index contributed by atoms with van der Waals surface area (Å²) in [6.07, 6.45) is 6.90. The summed E-state index contributed by atoms with van der Waals surface area (Å²) in [5.41, 5.74) is 5.47. The lowest BCUT2D eigenvalue weighted by molar-refractivity contribution is 0.886. The van der Waals surface area contributed by atoms with E-state index in [4.69, 9.17) is 5.73 Å². The van der Waals surface area contributed by atoms with Gasteiger partial charge in [-0.25, -0.2) is 9.97 Å². The van der Waals surface area contributed by atoms with E-state index < -0.39 is 0 Å². The largest absolute Gasteiger partial charge is 0.368 e. The first-order valence-electron chi connectivity index (χ1n) is 4.89. The Morgan fingerprint density at radius 1 is 1.36 bits per heavy atom. The fraction of sp³-hybridized carbons (Fsp3) is 0.667. The highest BCUT2D eigenvalue weighted by Gasteiger charge is 2.15. The number of rotatable bonds is 3. The van der Waals surface area contributed by atoms with Crippen LogP contribution >= 0.6 is 11.8 Å². The van der Waals surface area contributed by atoms with E-state index in [0.29, 0.717) is 5.95 Å². The molecule has 0 unspecified atom stereocenters. The van der Waals surface area contributed by atoms with Gasteiger partial charge in [-0.1, -0.05) is 12.8 Å². The fourth-order valence-electron chi connectivity index (χ4n) is 1.66. The quantitative estimate of drug-likeness (QED) is 0.821. The van der Waals surface area contributed by atoms with Crippen LogP contribution in [0.3, 0.4) is 0 Å². The third-order valence-corrected chi connectivity index (χ3v) is 3.76. The average molecular weight is 210 g/mol. The number of hydrogen-bond donors (Lipinski definition) is 1. The minimum atomic E-state index is 0.321. The Kier molecular flexibility index (Phi) is 3.18. The van der Waals surface area contributed by atoms with Crippen molar-refractivity contribution >= 4 is 17.7 Å². The summed E-state index contributed by atoms with van der Waals surface area (Å²) in [5.74, 6) is 1.98. The van der Waals surface area contributed by atoms with Gasteiger partial charge in [0.25, 0.3) is 0 Å². The first kappa shape index (κ1) is 9.71. The number of hydrogen-bond acceptors (Lipinski definition) is 5. The standard InChI is InChI=1S/C9H14N4S/c10-9-12-6-11-8(13-9)5-14-7-3-1-2-4-7/h6-7H,1-5H2,(H2,10,11,12,13). The second kappa shape index (κ2) is 4.59. The lowest BCUT2D eigenvalue weighted by atomic mass is 10.4. The molecule has 5 heteroatoms. The summed E-state index contributed by atoms with van der Waals surface area (Å²) in [5, 5.41) is 0.799. The maximum absolute atomic E-state index is 5.47. The molecule has 0 amide bonds. The maximum Gasteiger partial charge on any atom is 0.223 e. The highest BCUT2D eigenvalue weighted by Crippen LogP contribution is 2.30. The van der Waals surface area contributed by atoms with Gasteiger partial charge in [0.1, 0.15) is 12.2 Å².